The number of halogens is 1. The lowest BCUT2D eigenvalue weighted by Crippen LogP contribution is -2.13. The van der Waals surface area contributed by atoms with Gasteiger partial charge in [-0.2, -0.15) is 0 Å². The van der Waals surface area contributed by atoms with E-state index < -0.39 is 16.0 Å². The fourth-order valence-corrected chi connectivity index (χ4v) is 2.78. The van der Waals surface area contributed by atoms with E-state index in [0.717, 1.165) is 0 Å². The second-order valence-corrected chi connectivity index (χ2v) is 5.88. The highest BCUT2D eigenvalue weighted by atomic mass is 35.5. The molecule has 0 aliphatic carbocycles. The Bertz CT molecular complexity index is 762. The molecule has 104 valence electrons. The minimum atomic E-state index is -3.85. The molecule has 0 saturated carbocycles. The Balaban J connectivity index is 2.33. The first-order chi connectivity index (χ1) is 9.38. The van der Waals surface area contributed by atoms with E-state index in [1.165, 1.54) is 42.6 Å². The van der Waals surface area contributed by atoms with Crippen molar-refractivity contribution in [3.8, 4) is 0 Å². The molecule has 0 aliphatic heterocycles. The SMILES string of the molecule is O=C(O)c1cccc(NS(=O)(=O)c2ccnc(Cl)c2)c1. The van der Waals surface area contributed by atoms with E-state index in [4.69, 9.17) is 16.7 Å². The average Bonchev–Trinajstić information content (AvgIpc) is 2.38. The number of benzene rings is 1. The van der Waals surface area contributed by atoms with Crippen LogP contribution < -0.4 is 4.72 Å². The number of aromatic nitrogens is 1. The van der Waals surface area contributed by atoms with E-state index >= 15 is 0 Å². The first-order valence-corrected chi connectivity index (χ1v) is 7.22. The van der Waals surface area contributed by atoms with Crippen LogP contribution in [0.5, 0.6) is 0 Å². The zero-order valence-electron chi connectivity index (χ0n) is 9.95. The third kappa shape index (κ3) is 3.25. The van der Waals surface area contributed by atoms with Crippen LogP contribution in [0, 0.1) is 0 Å². The van der Waals surface area contributed by atoms with Crippen molar-refractivity contribution in [3.63, 3.8) is 0 Å². The van der Waals surface area contributed by atoms with Crippen molar-refractivity contribution < 1.29 is 18.3 Å². The summed E-state index contributed by atoms with van der Waals surface area (Å²) in [5, 5.41) is 8.91. The van der Waals surface area contributed by atoms with Crippen molar-refractivity contribution in [1.82, 2.24) is 4.98 Å². The Kier molecular flexibility index (Phi) is 3.91. The van der Waals surface area contributed by atoms with Gasteiger partial charge in [0.1, 0.15) is 5.15 Å². The highest BCUT2D eigenvalue weighted by Gasteiger charge is 2.15. The average molecular weight is 313 g/mol. The first kappa shape index (κ1) is 14.3. The molecule has 0 spiro atoms. The van der Waals surface area contributed by atoms with Crippen LogP contribution in [0.4, 0.5) is 5.69 Å². The van der Waals surface area contributed by atoms with E-state index in [0.29, 0.717) is 0 Å². The van der Waals surface area contributed by atoms with Crippen LogP contribution in [0.15, 0.2) is 47.5 Å². The maximum absolute atomic E-state index is 12.1. The molecular formula is C12H9ClN2O4S. The summed E-state index contributed by atoms with van der Waals surface area (Å²) >= 11 is 5.64. The number of nitrogens with zero attached hydrogens (tertiary/aromatic N) is 1. The Hall–Kier alpha value is -2.12. The fourth-order valence-electron chi connectivity index (χ4n) is 1.48. The summed E-state index contributed by atoms with van der Waals surface area (Å²) in [4.78, 5) is 14.5. The zero-order chi connectivity index (χ0) is 14.8. The van der Waals surface area contributed by atoms with Gasteiger partial charge in [0.2, 0.25) is 0 Å². The number of hydrogen-bond acceptors (Lipinski definition) is 4. The molecule has 8 heteroatoms. The number of sulfonamides is 1. The number of pyridine rings is 1. The van der Waals surface area contributed by atoms with Gasteiger partial charge < -0.3 is 5.11 Å². The summed E-state index contributed by atoms with van der Waals surface area (Å²) in [6, 6.07) is 7.97. The molecule has 2 N–H and O–H groups in total. The number of hydrogen-bond donors (Lipinski definition) is 2. The smallest absolute Gasteiger partial charge is 0.335 e. The Morgan fingerprint density at radius 1 is 1.25 bits per heavy atom. The molecule has 0 saturated heterocycles. The summed E-state index contributed by atoms with van der Waals surface area (Å²) in [5.74, 6) is -1.14. The lowest BCUT2D eigenvalue weighted by Gasteiger charge is -2.08. The molecule has 2 rings (SSSR count). The molecule has 0 aliphatic rings. The van der Waals surface area contributed by atoms with Crippen LogP contribution in [-0.4, -0.2) is 24.5 Å². The number of anilines is 1. The van der Waals surface area contributed by atoms with Gasteiger partial charge in [-0.25, -0.2) is 18.2 Å². The molecule has 1 aromatic heterocycles. The van der Waals surface area contributed by atoms with Crippen molar-refractivity contribution >= 4 is 33.3 Å². The van der Waals surface area contributed by atoms with Gasteiger partial charge >= 0.3 is 5.97 Å². The van der Waals surface area contributed by atoms with E-state index in [1.54, 1.807) is 0 Å². The number of carboxylic acid groups (broad SMARTS) is 1. The van der Waals surface area contributed by atoms with Gasteiger partial charge in [-0.05, 0) is 30.3 Å². The molecule has 1 aromatic carbocycles. The number of aromatic carboxylic acids is 1. The molecule has 0 unspecified atom stereocenters. The van der Waals surface area contributed by atoms with Gasteiger partial charge in [-0.3, -0.25) is 4.72 Å². The van der Waals surface area contributed by atoms with Crippen LogP contribution in [0.25, 0.3) is 0 Å². The molecule has 0 radical (unpaired) electrons. The minimum Gasteiger partial charge on any atom is -0.478 e. The van der Waals surface area contributed by atoms with Gasteiger partial charge in [0.25, 0.3) is 10.0 Å². The normalized spacial score (nSPS) is 11.1. The third-order valence-corrected chi connectivity index (χ3v) is 3.96. The van der Waals surface area contributed by atoms with Crippen LogP contribution >= 0.6 is 11.6 Å². The van der Waals surface area contributed by atoms with Crippen LogP contribution in [0.3, 0.4) is 0 Å². The van der Waals surface area contributed by atoms with Crippen molar-refractivity contribution in [2.24, 2.45) is 0 Å². The topological polar surface area (TPSA) is 96.4 Å². The summed E-state index contributed by atoms with van der Waals surface area (Å²) in [6.07, 6.45) is 1.27. The lowest BCUT2D eigenvalue weighted by molar-refractivity contribution is 0.0697. The van der Waals surface area contributed by atoms with E-state index in [1.807, 2.05) is 0 Å². The number of carbonyl (C=O) groups is 1. The molecule has 1 heterocycles. The van der Waals surface area contributed by atoms with Crippen molar-refractivity contribution in [2.45, 2.75) is 4.90 Å². The van der Waals surface area contributed by atoms with Gasteiger partial charge in [0, 0.05) is 11.9 Å². The molecule has 0 amide bonds. The van der Waals surface area contributed by atoms with Crippen LogP contribution in [-0.2, 0) is 10.0 Å². The Morgan fingerprint density at radius 3 is 2.65 bits per heavy atom. The largest absolute Gasteiger partial charge is 0.478 e. The van der Waals surface area contributed by atoms with E-state index in [9.17, 15) is 13.2 Å². The second-order valence-electron chi connectivity index (χ2n) is 3.81. The summed E-state index contributed by atoms with van der Waals surface area (Å²) < 4.78 is 26.5. The number of nitrogens with one attached hydrogen (secondary N) is 1. The molecule has 20 heavy (non-hydrogen) atoms. The zero-order valence-corrected chi connectivity index (χ0v) is 11.5. The van der Waals surface area contributed by atoms with E-state index in [-0.39, 0.29) is 21.3 Å². The lowest BCUT2D eigenvalue weighted by atomic mass is 10.2. The fraction of sp³-hybridized carbons (Fsp3) is 0. The Labute approximate surface area is 120 Å². The van der Waals surface area contributed by atoms with Gasteiger partial charge in [-0.1, -0.05) is 17.7 Å². The van der Waals surface area contributed by atoms with Gasteiger partial charge in [-0.15, -0.1) is 0 Å². The summed E-state index contributed by atoms with van der Waals surface area (Å²) in [7, 11) is -3.85. The van der Waals surface area contributed by atoms with Gasteiger partial charge in [0.05, 0.1) is 10.5 Å². The van der Waals surface area contributed by atoms with Crippen molar-refractivity contribution in [1.29, 1.82) is 0 Å². The summed E-state index contributed by atoms with van der Waals surface area (Å²) in [5.41, 5.74) is 0.135. The Morgan fingerprint density at radius 2 is 2.00 bits per heavy atom. The third-order valence-electron chi connectivity index (χ3n) is 2.37. The molecule has 2 aromatic rings. The van der Waals surface area contributed by atoms with Crippen molar-refractivity contribution in [2.75, 3.05) is 4.72 Å². The minimum absolute atomic E-state index is 0.0158. The standard InChI is InChI=1S/C12H9ClN2O4S/c13-11-7-10(4-5-14-11)20(18,19)15-9-3-1-2-8(6-9)12(16)17/h1-7,15H,(H,16,17). The number of carboxylic acids is 1. The predicted octanol–water partition coefficient (Wildman–Crippen LogP) is 2.23. The first-order valence-electron chi connectivity index (χ1n) is 5.36. The molecular weight excluding hydrogens is 304 g/mol. The molecule has 6 nitrogen and oxygen atoms in total. The highest BCUT2D eigenvalue weighted by molar-refractivity contribution is 7.92. The monoisotopic (exact) mass is 312 g/mol. The molecule has 0 bridgehead atoms. The quantitative estimate of drug-likeness (QED) is 0.844. The van der Waals surface area contributed by atoms with Gasteiger partial charge in [0.15, 0.2) is 0 Å². The maximum atomic E-state index is 12.1. The van der Waals surface area contributed by atoms with Crippen molar-refractivity contribution in [3.05, 3.63) is 53.3 Å². The maximum Gasteiger partial charge on any atom is 0.335 e. The van der Waals surface area contributed by atoms with E-state index in [2.05, 4.69) is 9.71 Å². The highest BCUT2D eigenvalue weighted by Crippen LogP contribution is 2.18. The molecule has 0 atom stereocenters. The predicted molar refractivity (Wildman–Crippen MR) is 73.5 cm³/mol. The number of rotatable bonds is 4. The summed E-state index contributed by atoms with van der Waals surface area (Å²) in [6.45, 7) is 0. The van der Waals surface area contributed by atoms with Crippen LogP contribution in [0.1, 0.15) is 10.4 Å². The molecule has 0 fully saturated rings. The van der Waals surface area contributed by atoms with Crippen LogP contribution in [0.2, 0.25) is 5.15 Å². The second kappa shape index (κ2) is 5.48.